The van der Waals surface area contributed by atoms with Gasteiger partial charge in [-0.3, -0.25) is 0 Å². The number of amides is 2. The van der Waals surface area contributed by atoms with Gasteiger partial charge in [0.1, 0.15) is 5.54 Å². The SMILES string of the molecule is CCOC1CCN(C(=O)NC(C)(CC)C(=O)O)CC1. The Hall–Kier alpha value is -1.30. The Morgan fingerprint density at radius 2 is 1.95 bits per heavy atom. The first kappa shape index (κ1) is 15.8. The number of carboxylic acid groups (broad SMARTS) is 1. The van der Waals surface area contributed by atoms with Crippen molar-refractivity contribution in [3.63, 3.8) is 0 Å². The second-order valence-electron chi connectivity index (χ2n) is 5.06. The molecule has 19 heavy (non-hydrogen) atoms. The van der Waals surface area contributed by atoms with Crippen LogP contribution in [0.25, 0.3) is 0 Å². The molecule has 110 valence electrons. The summed E-state index contributed by atoms with van der Waals surface area (Å²) in [6.07, 6.45) is 2.17. The third kappa shape index (κ3) is 4.09. The molecule has 0 aromatic heterocycles. The van der Waals surface area contributed by atoms with Crippen LogP contribution in [0, 0.1) is 0 Å². The molecular weight excluding hydrogens is 248 g/mol. The normalized spacial score (nSPS) is 19.8. The number of nitrogens with zero attached hydrogens (tertiary/aromatic N) is 1. The van der Waals surface area contributed by atoms with Crippen molar-refractivity contribution in [1.29, 1.82) is 0 Å². The van der Waals surface area contributed by atoms with Crippen molar-refractivity contribution < 1.29 is 19.4 Å². The van der Waals surface area contributed by atoms with E-state index in [4.69, 9.17) is 9.84 Å². The summed E-state index contributed by atoms with van der Waals surface area (Å²) in [6, 6.07) is -0.304. The van der Waals surface area contributed by atoms with E-state index in [1.165, 1.54) is 6.92 Å². The number of nitrogens with one attached hydrogen (secondary N) is 1. The van der Waals surface area contributed by atoms with Gasteiger partial charge in [-0.15, -0.1) is 0 Å². The maximum atomic E-state index is 12.1. The average Bonchev–Trinajstić information content (AvgIpc) is 2.39. The first-order chi connectivity index (χ1) is 8.92. The maximum Gasteiger partial charge on any atom is 0.329 e. The van der Waals surface area contributed by atoms with Gasteiger partial charge in [-0.25, -0.2) is 9.59 Å². The molecule has 0 aromatic carbocycles. The Morgan fingerprint density at radius 1 is 1.37 bits per heavy atom. The summed E-state index contributed by atoms with van der Waals surface area (Å²) in [5.74, 6) is -1.01. The summed E-state index contributed by atoms with van der Waals surface area (Å²) >= 11 is 0. The van der Waals surface area contributed by atoms with Gasteiger partial charge in [0.05, 0.1) is 6.10 Å². The average molecular weight is 272 g/mol. The summed E-state index contributed by atoms with van der Waals surface area (Å²) in [5.41, 5.74) is -1.20. The van der Waals surface area contributed by atoms with Crippen LogP contribution in [0.4, 0.5) is 4.79 Å². The second-order valence-corrected chi connectivity index (χ2v) is 5.06. The second kappa shape index (κ2) is 6.75. The zero-order chi connectivity index (χ0) is 14.5. The molecule has 0 aromatic rings. The number of hydrogen-bond acceptors (Lipinski definition) is 3. The largest absolute Gasteiger partial charge is 0.480 e. The standard InChI is InChI=1S/C13H24N2O4/c1-4-13(3,11(16)17)14-12(18)15-8-6-10(7-9-15)19-5-2/h10H,4-9H2,1-3H3,(H,14,18)(H,16,17). The number of carbonyl (C=O) groups excluding carboxylic acids is 1. The van der Waals surface area contributed by atoms with Crippen molar-refractivity contribution >= 4 is 12.0 Å². The zero-order valence-electron chi connectivity index (χ0n) is 11.9. The molecule has 1 aliphatic heterocycles. The molecule has 2 N–H and O–H groups in total. The molecular formula is C13H24N2O4. The topological polar surface area (TPSA) is 78.9 Å². The van der Waals surface area contributed by atoms with Crippen molar-refractivity contribution in [2.75, 3.05) is 19.7 Å². The summed E-state index contributed by atoms with van der Waals surface area (Å²) in [6.45, 7) is 7.13. The van der Waals surface area contributed by atoms with E-state index in [2.05, 4.69) is 5.32 Å². The van der Waals surface area contributed by atoms with Crippen molar-refractivity contribution in [3.05, 3.63) is 0 Å². The van der Waals surface area contributed by atoms with E-state index < -0.39 is 11.5 Å². The Kier molecular flexibility index (Phi) is 5.60. The van der Waals surface area contributed by atoms with E-state index in [0.29, 0.717) is 26.1 Å². The minimum Gasteiger partial charge on any atom is -0.480 e. The van der Waals surface area contributed by atoms with E-state index in [9.17, 15) is 9.59 Å². The van der Waals surface area contributed by atoms with Gasteiger partial charge < -0.3 is 20.1 Å². The number of ether oxygens (including phenoxy) is 1. The molecule has 1 saturated heterocycles. The highest BCUT2D eigenvalue weighted by atomic mass is 16.5. The highest BCUT2D eigenvalue weighted by Gasteiger charge is 2.35. The van der Waals surface area contributed by atoms with Gasteiger partial charge in [-0.05, 0) is 33.1 Å². The molecule has 2 amide bonds. The number of carbonyl (C=O) groups is 2. The molecule has 0 radical (unpaired) electrons. The molecule has 1 unspecified atom stereocenters. The molecule has 6 nitrogen and oxygen atoms in total. The molecule has 0 saturated carbocycles. The van der Waals surface area contributed by atoms with Crippen LogP contribution in [-0.2, 0) is 9.53 Å². The van der Waals surface area contributed by atoms with Crippen LogP contribution >= 0.6 is 0 Å². The molecule has 1 atom stereocenters. The highest BCUT2D eigenvalue weighted by Crippen LogP contribution is 2.15. The lowest BCUT2D eigenvalue weighted by molar-refractivity contribution is -0.143. The number of piperidine rings is 1. The lowest BCUT2D eigenvalue weighted by atomic mass is 9.99. The van der Waals surface area contributed by atoms with Crippen molar-refractivity contribution in [2.24, 2.45) is 0 Å². The number of rotatable bonds is 5. The Morgan fingerprint density at radius 3 is 2.37 bits per heavy atom. The van der Waals surface area contributed by atoms with Gasteiger partial charge in [0.2, 0.25) is 0 Å². The number of likely N-dealkylation sites (tertiary alicyclic amines) is 1. The molecule has 6 heteroatoms. The van der Waals surface area contributed by atoms with Crippen LogP contribution in [0.2, 0.25) is 0 Å². The number of urea groups is 1. The van der Waals surface area contributed by atoms with Crippen LogP contribution in [0.15, 0.2) is 0 Å². The molecule has 0 aliphatic carbocycles. The lowest BCUT2D eigenvalue weighted by Crippen LogP contribution is -2.57. The molecule has 1 heterocycles. The van der Waals surface area contributed by atoms with Gasteiger partial charge in [-0.2, -0.15) is 0 Å². The zero-order valence-corrected chi connectivity index (χ0v) is 11.9. The fourth-order valence-electron chi connectivity index (χ4n) is 2.07. The van der Waals surface area contributed by atoms with Gasteiger partial charge in [-0.1, -0.05) is 6.92 Å². The maximum absolute atomic E-state index is 12.1. The van der Waals surface area contributed by atoms with Crippen LogP contribution in [0.3, 0.4) is 0 Å². The monoisotopic (exact) mass is 272 g/mol. The summed E-state index contributed by atoms with van der Waals surface area (Å²) < 4.78 is 5.52. The number of hydrogen-bond donors (Lipinski definition) is 2. The van der Waals surface area contributed by atoms with Crippen LogP contribution < -0.4 is 5.32 Å². The molecule has 1 rings (SSSR count). The van der Waals surface area contributed by atoms with Gasteiger partial charge in [0, 0.05) is 19.7 Å². The predicted octanol–water partition coefficient (Wildman–Crippen LogP) is 1.45. The van der Waals surface area contributed by atoms with Gasteiger partial charge in [0.25, 0.3) is 0 Å². The highest BCUT2D eigenvalue weighted by molar-refractivity contribution is 5.85. The fraction of sp³-hybridized carbons (Fsp3) is 0.846. The molecule has 1 aliphatic rings. The molecule has 0 spiro atoms. The van der Waals surface area contributed by atoms with E-state index in [1.807, 2.05) is 6.92 Å². The quantitative estimate of drug-likeness (QED) is 0.794. The summed E-state index contributed by atoms with van der Waals surface area (Å²) in [5, 5.41) is 11.7. The third-order valence-corrected chi connectivity index (χ3v) is 3.69. The fourth-order valence-corrected chi connectivity index (χ4v) is 2.07. The number of carboxylic acids is 1. The predicted molar refractivity (Wildman–Crippen MR) is 71.1 cm³/mol. The van der Waals surface area contributed by atoms with Crippen LogP contribution in [0.5, 0.6) is 0 Å². The van der Waals surface area contributed by atoms with Crippen molar-refractivity contribution in [3.8, 4) is 0 Å². The smallest absolute Gasteiger partial charge is 0.329 e. The van der Waals surface area contributed by atoms with E-state index in [1.54, 1.807) is 11.8 Å². The van der Waals surface area contributed by atoms with Crippen molar-refractivity contribution in [1.82, 2.24) is 10.2 Å². The van der Waals surface area contributed by atoms with Gasteiger partial charge >= 0.3 is 12.0 Å². The van der Waals surface area contributed by atoms with Gasteiger partial charge in [0.15, 0.2) is 0 Å². The van der Waals surface area contributed by atoms with Crippen LogP contribution in [-0.4, -0.2) is 53.3 Å². The minimum absolute atomic E-state index is 0.214. The Labute approximate surface area is 114 Å². The number of aliphatic carboxylic acids is 1. The summed E-state index contributed by atoms with van der Waals surface area (Å²) in [7, 11) is 0. The Balaban J connectivity index is 2.49. The lowest BCUT2D eigenvalue weighted by Gasteiger charge is -2.34. The van der Waals surface area contributed by atoms with E-state index in [0.717, 1.165) is 12.8 Å². The third-order valence-electron chi connectivity index (χ3n) is 3.69. The minimum atomic E-state index is -1.20. The first-order valence-electron chi connectivity index (χ1n) is 6.85. The van der Waals surface area contributed by atoms with E-state index in [-0.39, 0.29) is 12.1 Å². The Bertz CT molecular complexity index is 327. The van der Waals surface area contributed by atoms with Crippen LogP contribution in [0.1, 0.15) is 40.0 Å². The van der Waals surface area contributed by atoms with Crippen molar-refractivity contribution in [2.45, 2.75) is 51.7 Å². The summed E-state index contributed by atoms with van der Waals surface area (Å²) in [4.78, 5) is 24.9. The molecule has 0 bridgehead atoms. The first-order valence-corrected chi connectivity index (χ1v) is 6.85. The van der Waals surface area contributed by atoms with E-state index >= 15 is 0 Å². The molecule has 1 fully saturated rings.